The largest absolute Gasteiger partial charge is 0.348 e. The molecule has 0 aromatic carbocycles. The van der Waals surface area contributed by atoms with Crippen LogP contribution in [0.3, 0.4) is 0 Å². The molecule has 1 unspecified atom stereocenters. The highest BCUT2D eigenvalue weighted by molar-refractivity contribution is 5.38. The van der Waals surface area contributed by atoms with E-state index < -0.39 is 0 Å². The monoisotopic (exact) mass is 236 g/mol. The molecule has 0 radical (unpaired) electrons. The van der Waals surface area contributed by atoms with Crippen molar-refractivity contribution in [3.63, 3.8) is 0 Å². The Morgan fingerprint density at radius 1 is 1.53 bits per heavy atom. The van der Waals surface area contributed by atoms with E-state index in [1.807, 2.05) is 6.92 Å². The van der Waals surface area contributed by atoms with Crippen molar-refractivity contribution in [1.29, 1.82) is 0 Å². The Hall–Kier alpha value is -1.36. The minimum atomic E-state index is -0.00431. The van der Waals surface area contributed by atoms with E-state index in [1.54, 1.807) is 17.0 Å². The normalized spacial score (nSPS) is 20.6. The summed E-state index contributed by atoms with van der Waals surface area (Å²) in [6.45, 7) is 4.11. The van der Waals surface area contributed by atoms with Crippen molar-refractivity contribution in [1.82, 2.24) is 9.55 Å². The van der Waals surface area contributed by atoms with Gasteiger partial charge >= 0.3 is 0 Å². The van der Waals surface area contributed by atoms with Crippen molar-refractivity contribution < 1.29 is 0 Å². The Kier molecular flexibility index (Phi) is 3.78. The van der Waals surface area contributed by atoms with Gasteiger partial charge in [0, 0.05) is 38.1 Å². The molecule has 1 saturated heterocycles. The van der Waals surface area contributed by atoms with Gasteiger partial charge in [-0.1, -0.05) is 0 Å². The molecule has 1 fully saturated rings. The zero-order valence-corrected chi connectivity index (χ0v) is 10.3. The number of hydrogen-bond donors (Lipinski definition) is 1. The molecule has 2 N–H and O–H groups in total. The molecule has 2 heterocycles. The third kappa shape index (κ3) is 2.34. The van der Waals surface area contributed by atoms with Crippen LogP contribution in [0, 0.1) is 0 Å². The first-order valence-corrected chi connectivity index (χ1v) is 6.30. The summed E-state index contributed by atoms with van der Waals surface area (Å²) < 4.78 is 1.69. The molecule has 0 spiro atoms. The molecule has 5 heteroatoms. The molecule has 1 aliphatic heterocycles. The molecule has 1 atom stereocenters. The lowest BCUT2D eigenvalue weighted by Crippen LogP contribution is -2.47. The fraction of sp³-hybridized carbons (Fsp3) is 0.667. The quantitative estimate of drug-likeness (QED) is 0.834. The predicted molar refractivity (Wildman–Crippen MR) is 68.2 cm³/mol. The van der Waals surface area contributed by atoms with Crippen molar-refractivity contribution in [3.8, 4) is 0 Å². The summed E-state index contributed by atoms with van der Waals surface area (Å²) in [7, 11) is 0. The van der Waals surface area contributed by atoms with Crippen LogP contribution < -0.4 is 16.2 Å². The summed E-state index contributed by atoms with van der Waals surface area (Å²) in [5.74, 6) is 0.560. The second-order valence-corrected chi connectivity index (χ2v) is 4.42. The smallest absolute Gasteiger partial charge is 0.293 e. The van der Waals surface area contributed by atoms with Crippen LogP contribution in [-0.4, -0.2) is 28.7 Å². The number of aryl methyl sites for hydroxylation is 1. The molecule has 0 amide bonds. The SMILES string of the molecule is CCn1ccnc(N2CCCCC2CN)c1=O. The number of nitrogens with zero attached hydrogens (tertiary/aromatic N) is 3. The van der Waals surface area contributed by atoms with E-state index in [0.29, 0.717) is 18.9 Å². The van der Waals surface area contributed by atoms with Gasteiger partial charge in [0.05, 0.1) is 0 Å². The van der Waals surface area contributed by atoms with Gasteiger partial charge in [0.2, 0.25) is 0 Å². The maximum atomic E-state index is 12.2. The van der Waals surface area contributed by atoms with E-state index in [0.717, 1.165) is 19.4 Å². The Morgan fingerprint density at radius 2 is 2.35 bits per heavy atom. The molecular weight excluding hydrogens is 216 g/mol. The highest BCUT2D eigenvalue weighted by atomic mass is 16.1. The first-order chi connectivity index (χ1) is 8.27. The standard InChI is InChI=1S/C12H20N4O/c1-2-15-8-6-14-11(12(15)17)16-7-4-3-5-10(16)9-13/h6,8,10H,2-5,7,9,13H2,1H3. The van der Waals surface area contributed by atoms with Crippen molar-refractivity contribution in [3.05, 3.63) is 22.7 Å². The van der Waals surface area contributed by atoms with E-state index >= 15 is 0 Å². The summed E-state index contributed by atoms with van der Waals surface area (Å²) in [6.07, 6.45) is 6.78. The zero-order valence-electron chi connectivity index (χ0n) is 10.3. The molecule has 1 aromatic rings. The van der Waals surface area contributed by atoms with Gasteiger partial charge in [-0.25, -0.2) is 4.98 Å². The van der Waals surface area contributed by atoms with Gasteiger partial charge in [-0.3, -0.25) is 4.79 Å². The van der Waals surface area contributed by atoms with E-state index in [2.05, 4.69) is 9.88 Å². The first-order valence-electron chi connectivity index (χ1n) is 6.30. The maximum Gasteiger partial charge on any atom is 0.293 e. The van der Waals surface area contributed by atoms with Crippen LogP contribution in [0.15, 0.2) is 17.2 Å². The van der Waals surface area contributed by atoms with Gasteiger partial charge in [-0.15, -0.1) is 0 Å². The molecule has 1 aliphatic rings. The molecule has 5 nitrogen and oxygen atoms in total. The number of aromatic nitrogens is 2. The fourth-order valence-corrected chi connectivity index (χ4v) is 2.41. The van der Waals surface area contributed by atoms with Crippen molar-refractivity contribution in [2.75, 3.05) is 18.0 Å². The Balaban J connectivity index is 2.35. The Labute approximate surface area is 101 Å². The average molecular weight is 236 g/mol. The number of piperidine rings is 1. The second-order valence-electron chi connectivity index (χ2n) is 4.42. The summed E-state index contributed by atoms with van der Waals surface area (Å²) >= 11 is 0. The van der Waals surface area contributed by atoms with Gasteiger partial charge in [-0.2, -0.15) is 0 Å². The van der Waals surface area contributed by atoms with E-state index in [1.165, 1.54) is 6.42 Å². The van der Waals surface area contributed by atoms with Crippen LogP contribution in [0.2, 0.25) is 0 Å². The lowest BCUT2D eigenvalue weighted by molar-refractivity contribution is 0.459. The minimum absolute atomic E-state index is 0.00431. The maximum absolute atomic E-state index is 12.2. The molecular formula is C12H20N4O. The molecule has 0 bridgehead atoms. The van der Waals surface area contributed by atoms with Crippen LogP contribution in [0.5, 0.6) is 0 Å². The number of hydrogen-bond acceptors (Lipinski definition) is 4. The Morgan fingerprint density at radius 3 is 3.06 bits per heavy atom. The number of rotatable bonds is 3. The van der Waals surface area contributed by atoms with E-state index in [-0.39, 0.29) is 11.6 Å². The van der Waals surface area contributed by atoms with Gasteiger partial charge < -0.3 is 15.2 Å². The Bertz CT molecular complexity index is 429. The summed E-state index contributed by atoms with van der Waals surface area (Å²) in [5, 5.41) is 0. The lowest BCUT2D eigenvalue weighted by atomic mass is 10.0. The van der Waals surface area contributed by atoms with Crippen LogP contribution >= 0.6 is 0 Å². The molecule has 17 heavy (non-hydrogen) atoms. The van der Waals surface area contributed by atoms with Gasteiger partial charge in [-0.05, 0) is 26.2 Å². The van der Waals surface area contributed by atoms with E-state index in [9.17, 15) is 4.79 Å². The highest BCUT2D eigenvalue weighted by Gasteiger charge is 2.24. The van der Waals surface area contributed by atoms with Crippen molar-refractivity contribution in [2.45, 2.75) is 38.8 Å². The highest BCUT2D eigenvalue weighted by Crippen LogP contribution is 2.19. The van der Waals surface area contributed by atoms with Crippen LogP contribution in [0.4, 0.5) is 5.82 Å². The number of nitrogens with two attached hydrogens (primary N) is 1. The van der Waals surface area contributed by atoms with Crippen LogP contribution in [-0.2, 0) is 6.54 Å². The molecule has 2 rings (SSSR count). The fourth-order valence-electron chi connectivity index (χ4n) is 2.41. The van der Waals surface area contributed by atoms with Crippen molar-refractivity contribution >= 4 is 5.82 Å². The summed E-state index contributed by atoms with van der Waals surface area (Å²) in [6, 6.07) is 0.261. The van der Waals surface area contributed by atoms with E-state index in [4.69, 9.17) is 5.73 Å². The topological polar surface area (TPSA) is 64.2 Å². The predicted octanol–water partition coefficient (Wildman–Crippen LogP) is 0.581. The molecule has 0 aliphatic carbocycles. The average Bonchev–Trinajstić information content (AvgIpc) is 2.39. The first kappa shape index (κ1) is 12.1. The number of anilines is 1. The molecule has 0 saturated carbocycles. The third-order valence-corrected chi connectivity index (χ3v) is 3.41. The second kappa shape index (κ2) is 5.31. The van der Waals surface area contributed by atoms with Crippen molar-refractivity contribution in [2.24, 2.45) is 5.73 Å². The third-order valence-electron chi connectivity index (χ3n) is 3.41. The van der Waals surface area contributed by atoms with Gasteiger partial charge in [0.1, 0.15) is 0 Å². The summed E-state index contributed by atoms with van der Waals surface area (Å²) in [5.41, 5.74) is 5.77. The minimum Gasteiger partial charge on any atom is -0.348 e. The van der Waals surface area contributed by atoms with Crippen LogP contribution in [0.1, 0.15) is 26.2 Å². The lowest BCUT2D eigenvalue weighted by Gasteiger charge is -2.35. The molecule has 94 valence electrons. The van der Waals surface area contributed by atoms with Gasteiger partial charge in [0.15, 0.2) is 5.82 Å². The van der Waals surface area contributed by atoms with Crippen LogP contribution in [0.25, 0.3) is 0 Å². The summed E-state index contributed by atoms with van der Waals surface area (Å²) in [4.78, 5) is 18.5. The zero-order chi connectivity index (χ0) is 12.3. The van der Waals surface area contributed by atoms with Gasteiger partial charge in [0.25, 0.3) is 5.56 Å². The molecule has 1 aromatic heterocycles.